The maximum absolute atomic E-state index is 6.14. The zero-order valence-electron chi connectivity index (χ0n) is 7.04. The Labute approximate surface area is 107 Å². The molecule has 2 aromatic heterocycles. The Hall–Kier alpha value is 0.320. The van der Waals surface area contributed by atoms with Gasteiger partial charge in [-0.25, -0.2) is 0 Å². The second-order valence-electron chi connectivity index (χ2n) is 2.75. The molecule has 2 N–H and O–H groups in total. The Balaban J connectivity index is 2.33. The van der Waals surface area contributed by atoms with E-state index < -0.39 is 0 Å². The van der Waals surface area contributed by atoms with Gasteiger partial charge in [0.25, 0.3) is 0 Å². The van der Waals surface area contributed by atoms with Gasteiger partial charge in [0.15, 0.2) is 0 Å². The summed E-state index contributed by atoms with van der Waals surface area (Å²) in [4.78, 5) is 2.36. The summed E-state index contributed by atoms with van der Waals surface area (Å²) in [5, 5.41) is 2.04. The second-order valence-corrected chi connectivity index (χ2v) is 7.05. The minimum absolute atomic E-state index is 0.0133. The zero-order chi connectivity index (χ0) is 10.1. The van der Waals surface area contributed by atoms with Crippen LogP contribution in [0.2, 0.25) is 0 Å². The summed E-state index contributed by atoms with van der Waals surface area (Å²) in [6.45, 7) is 0. The second kappa shape index (κ2) is 4.45. The van der Waals surface area contributed by atoms with Crippen molar-refractivity contribution < 1.29 is 0 Å². The number of hydrogen-bond donors (Lipinski definition) is 1. The fraction of sp³-hybridized carbons (Fsp3) is 0.111. The predicted molar refractivity (Wildman–Crippen MR) is 70.1 cm³/mol. The monoisotopic (exact) mass is 351 g/mol. The predicted octanol–water partition coefficient (Wildman–Crippen LogP) is 4.38. The van der Waals surface area contributed by atoms with Gasteiger partial charge in [0.05, 0.1) is 9.83 Å². The highest BCUT2D eigenvalue weighted by atomic mass is 79.9. The molecule has 0 aromatic carbocycles. The number of halogens is 2. The Morgan fingerprint density at radius 3 is 2.50 bits per heavy atom. The highest BCUT2D eigenvalue weighted by Crippen LogP contribution is 2.35. The van der Waals surface area contributed by atoms with E-state index in [1.165, 1.54) is 9.75 Å². The third-order valence-corrected chi connectivity index (χ3v) is 5.49. The number of nitrogens with two attached hydrogens (primary N) is 1. The molecule has 0 bridgehead atoms. The molecule has 0 radical (unpaired) electrons. The smallest absolute Gasteiger partial charge is 0.0751 e. The summed E-state index contributed by atoms with van der Waals surface area (Å²) >= 11 is 10.3. The van der Waals surface area contributed by atoms with Crippen LogP contribution in [-0.4, -0.2) is 0 Å². The summed E-state index contributed by atoms with van der Waals surface area (Å²) in [5.41, 5.74) is 6.14. The van der Waals surface area contributed by atoms with Gasteiger partial charge in [0.2, 0.25) is 0 Å². The van der Waals surface area contributed by atoms with Crippen LogP contribution in [0.1, 0.15) is 15.8 Å². The van der Waals surface area contributed by atoms with Crippen molar-refractivity contribution in [1.82, 2.24) is 0 Å². The summed E-state index contributed by atoms with van der Waals surface area (Å²) in [5.74, 6) is 0. The van der Waals surface area contributed by atoms with E-state index in [1.807, 2.05) is 17.5 Å². The minimum Gasteiger partial charge on any atom is -0.319 e. The first-order chi connectivity index (χ1) is 6.68. The maximum atomic E-state index is 6.14. The molecular weight excluding hydrogens is 346 g/mol. The van der Waals surface area contributed by atoms with Gasteiger partial charge in [-0.15, -0.1) is 22.7 Å². The van der Waals surface area contributed by atoms with Crippen molar-refractivity contribution in [1.29, 1.82) is 0 Å². The number of hydrogen-bond acceptors (Lipinski definition) is 3. The molecule has 5 heteroatoms. The van der Waals surface area contributed by atoms with E-state index in [0.29, 0.717) is 0 Å². The van der Waals surface area contributed by atoms with Crippen molar-refractivity contribution >= 4 is 54.5 Å². The molecule has 0 aliphatic rings. The normalized spacial score (nSPS) is 13.1. The van der Waals surface area contributed by atoms with Crippen LogP contribution in [0.15, 0.2) is 31.8 Å². The van der Waals surface area contributed by atoms with Gasteiger partial charge in [-0.1, -0.05) is 0 Å². The van der Waals surface area contributed by atoms with Crippen molar-refractivity contribution in [2.45, 2.75) is 6.04 Å². The fourth-order valence-electron chi connectivity index (χ4n) is 1.15. The van der Waals surface area contributed by atoms with E-state index in [-0.39, 0.29) is 6.04 Å². The van der Waals surface area contributed by atoms with Gasteiger partial charge in [-0.2, -0.15) is 0 Å². The summed E-state index contributed by atoms with van der Waals surface area (Å²) in [6.07, 6.45) is 0. The fourth-order valence-corrected chi connectivity index (χ4v) is 4.30. The molecule has 74 valence electrons. The maximum Gasteiger partial charge on any atom is 0.0751 e. The molecule has 0 fully saturated rings. The molecule has 2 rings (SSSR count). The van der Waals surface area contributed by atoms with Crippen LogP contribution in [0, 0.1) is 0 Å². The quantitative estimate of drug-likeness (QED) is 0.852. The largest absolute Gasteiger partial charge is 0.319 e. The van der Waals surface area contributed by atoms with Crippen LogP contribution in [0.25, 0.3) is 0 Å². The first-order valence-corrected chi connectivity index (χ1v) is 7.20. The first kappa shape index (κ1) is 10.8. The topological polar surface area (TPSA) is 26.0 Å². The summed E-state index contributed by atoms with van der Waals surface area (Å²) in [6, 6.07) is 6.11. The molecule has 1 nitrogen and oxygen atoms in total. The van der Waals surface area contributed by atoms with Gasteiger partial charge in [-0.3, -0.25) is 0 Å². The molecule has 14 heavy (non-hydrogen) atoms. The molecule has 0 amide bonds. The van der Waals surface area contributed by atoms with E-state index in [2.05, 4.69) is 37.9 Å². The Morgan fingerprint density at radius 2 is 2.00 bits per heavy atom. The van der Waals surface area contributed by atoms with Crippen molar-refractivity contribution in [2.75, 3.05) is 0 Å². The molecule has 2 heterocycles. The highest BCUT2D eigenvalue weighted by molar-refractivity contribution is 9.11. The van der Waals surface area contributed by atoms with E-state index in [0.717, 1.165) is 8.26 Å². The molecule has 0 saturated carbocycles. The lowest BCUT2D eigenvalue weighted by Crippen LogP contribution is -2.08. The lowest BCUT2D eigenvalue weighted by molar-refractivity contribution is 0.912. The molecular formula is C9H7Br2NS2. The molecule has 1 atom stereocenters. The highest BCUT2D eigenvalue weighted by Gasteiger charge is 2.15. The van der Waals surface area contributed by atoms with E-state index >= 15 is 0 Å². The van der Waals surface area contributed by atoms with Crippen LogP contribution in [-0.2, 0) is 0 Å². The van der Waals surface area contributed by atoms with E-state index in [4.69, 9.17) is 5.73 Å². The third-order valence-electron chi connectivity index (χ3n) is 1.83. The van der Waals surface area contributed by atoms with Crippen LogP contribution >= 0.6 is 54.5 Å². The lowest BCUT2D eigenvalue weighted by Gasteiger charge is -2.07. The molecule has 0 spiro atoms. The lowest BCUT2D eigenvalue weighted by atomic mass is 10.2. The Bertz CT molecular complexity index is 435. The summed E-state index contributed by atoms with van der Waals surface area (Å²) in [7, 11) is 0. The van der Waals surface area contributed by atoms with Crippen molar-refractivity contribution in [2.24, 2.45) is 5.73 Å². The van der Waals surface area contributed by atoms with E-state index in [1.54, 1.807) is 22.7 Å². The van der Waals surface area contributed by atoms with Crippen molar-refractivity contribution in [3.8, 4) is 0 Å². The minimum atomic E-state index is -0.0133. The van der Waals surface area contributed by atoms with Crippen LogP contribution in [0.5, 0.6) is 0 Å². The molecule has 0 aliphatic carbocycles. The third kappa shape index (κ3) is 2.12. The first-order valence-electron chi connectivity index (χ1n) is 3.92. The standard InChI is InChI=1S/C9H7Br2NS2/c10-5-3-4-13-9(5)8(12)6-1-2-7(11)14-6/h1-4,8H,12H2. The van der Waals surface area contributed by atoms with Crippen LogP contribution in [0.4, 0.5) is 0 Å². The molecule has 2 aromatic rings. The molecule has 1 unspecified atom stereocenters. The number of rotatable bonds is 2. The zero-order valence-corrected chi connectivity index (χ0v) is 11.8. The van der Waals surface area contributed by atoms with Gasteiger partial charge in [0.1, 0.15) is 0 Å². The van der Waals surface area contributed by atoms with Gasteiger partial charge in [-0.05, 0) is 55.4 Å². The average molecular weight is 353 g/mol. The SMILES string of the molecule is NC(c1ccc(Br)s1)c1sccc1Br. The van der Waals surface area contributed by atoms with Gasteiger partial charge in [0, 0.05) is 14.2 Å². The van der Waals surface area contributed by atoms with Crippen molar-refractivity contribution in [3.05, 3.63) is 41.6 Å². The van der Waals surface area contributed by atoms with Gasteiger partial charge < -0.3 is 5.73 Å². The van der Waals surface area contributed by atoms with Gasteiger partial charge >= 0.3 is 0 Å². The van der Waals surface area contributed by atoms with Crippen LogP contribution in [0.3, 0.4) is 0 Å². The summed E-state index contributed by atoms with van der Waals surface area (Å²) < 4.78 is 2.22. The average Bonchev–Trinajstić information content (AvgIpc) is 2.73. The Morgan fingerprint density at radius 1 is 1.21 bits per heavy atom. The van der Waals surface area contributed by atoms with Crippen LogP contribution < -0.4 is 5.73 Å². The Kier molecular flexibility index (Phi) is 3.44. The number of thiophene rings is 2. The van der Waals surface area contributed by atoms with Crippen molar-refractivity contribution in [3.63, 3.8) is 0 Å². The molecule has 0 aliphatic heterocycles. The molecule has 0 saturated heterocycles. The van der Waals surface area contributed by atoms with E-state index in [9.17, 15) is 0 Å².